The minimum Gasteiger partial charge on any atom is -0.480 e. The standard InChI is InChI=1S/C32H31N9O8/c33-32-39-25-24(28(45)40-32)34-15-22(37-25)26(43)35-16-23(42)36-21(14-17-8-2-1-3-9-17)27(44)38-20(31(48)49)12-6-7-13-41-29(46)18-10-4-5-11-19(18)30(41)47/h1-5,8-11,15,20-21H,6-7,12-14,16H2,(H,35,43)(H,36,42)(H,38,44)(H,48,49)(H3,33,37,39,40,45)/t20-,21-/m0/s1. The number of carboxylic acid groups (broad SMARTS) is 1. The number of nitrogens with zero attached hydrogens (tertiary/aromatic N) is 4. The van der Waals surface area contributed by atoms with Crippen LogP contribution in [-0.4, -0.2) is 90.6 Å². The quantitative estimate of drug-likeness (QED) is 0.0753. The first-order valence-electron chi connectivity index (χ1n) is 15.1. The van der Waals surface area contributed by atoms with Crippen LogP contribution in [0.25, 0.3) is 11.2 Å². The van der Waals surface area contributed by atoms with Crippen LogP contribution in [0.15, 0.2) is 65.6 Å². The van der Waals surface area contributed by atoms with Gasteiger partial charge in [-0.05, 0) is 37.0 Å². The smallest absolute Gasteiger partial charge is 0.326 e. The first kappa shape index (κ1) is 33.8. The van der Waals surface area contributed by atoms with Crippen LogP contribution in [0.3, 0.4) is 0 Å². The maximum absolute atomic E-state index is 13.4. The number of H-pyrrole nitrogens is 1. The summed E-state index contributed by atoms with van der Waals surface area (Å²) in [7, 11) is 0. The van der Waals surface area contributed by atoms with Gasteiger partial charge in [-0.2, -0.15) is 4.98 Å². The average molecular weight is 670 g/mol. The second-order valence-corrected chi connectivity index (χ2v) is 11.1. The van der Waals surface area contributed by atoms with Crippen molar-refractivity contribution in [3.8, 4) is 0 Å². The number of nitrogens with two attached hydrogens (primary N) is 1. The number of hydrogen-bond donors (Lipinski definition) is 6. The average Bonchev–Trinajstić information content (AvgIpc) is 3.32. The number of carbonyl (C=O) groups excluding carboxylic acids is 5. The molecule has 17 nitrogen and oxygen atoms in total. The third-order valence-electron chi connectivity index (χ3n) is 7.63. The number of aromatic nitrogens is 4. The van der Waals surface area contributed by atoms with E-state index in [4.69, 9.17) is 5.73 Å². The molecule has 1 aliphatic heterocycles. The molecular formula is C32H31N9O8. The van der Waals surface area contributed by atoms with Crippen LogP contribution in [0.1, 0.15) is 56.0 Å². The molecule has 5 amide bonds. The van der Waals surface area contributed by atoms with Gasteiger partial charge in [-0.25, -0.2) is 14.8 Å². The van der Waals surface area contributed by atoms with Crippen molar-refractivity contribution >= 4 is 52.6 Å². The number of unbranched alkanes of at least 4 members (excludes halogenated alkanes) is 1. The van der Waals surface area contributed by atoms with Gasteiger partial charge >= 0.3 is 5.97 Å². The lowest BCUT2D eigenvalue weighted by atomic mass is 10.0. The number of hydrogen-bond acceptors (Lipinski definition) is 11. The molecule has 3 heterocycles. The lowest BCUT2D eigenvalue weighted by Crippen LogP contribution is -2.54. The van der Waals surface area contributed by atoms with Crippen LogP contribution in [0.5, 0.6) is 0 Å². The number of aromatic amines is 1. The zero-order chi connectivity index (χ0) is 35.1. The maximum Gasteiger partial charge on any atom is 0.326 e. The number of nitrogens with one attached hydrogen (secondary N) is 4. The van der Waals surface area contributed by atoms with E-state index in [-0.39, 0.29) is 48.6 Å². The Labute approximate surface area is 277 Å². The van der Waals surface area contributed by atoms with Crippen LogP contribution in [-0.2, 0) is 20.8 Å². The topological polar surface area (TPSA) is 260 Å². The van der Waals surface area contributed by atoms with Crippen LogP contribution < -0.4 is 27.2 Å². The van der Waals surface area contributed by atoms with E-state index in [1.165, 1.54) is 0 Å². The number of benzene rings is 2. The number of anilines is 1. The summed E-state index contributed by atoms with van der Waals surface area (Å²) in [5, 5.41) is 17.2. The lowest BCUT2D eigenvalue weighted by molar-refractivity contribution is -0.142. The predicted molar refractivity (Wildman–Crippen MR) is 172 cm³/mol. The highest BCUT2D eigenvalue weighted by molar-refractivity contribution is 6.21. The molecule has 0 aliphatic carbocycles. The predicted octanol–water partition coefficient (Wildman–Crippen LogP) is -0.211. The number of carbonyl (C=O) groups is 6. The van der Waals surface area contributed by atoms with E-state index >= 15 is 0 Å². The normalized spacial score (nSPS) is 13.4. The molecule has 5 rings (SSSR count). The molecule has 49 heavy (non-hydrogen) atoms. The van der Waals surface area contributed by atoms with Crippen LogP contribution in [0, 0.1) is 0 Å². The van der Waals surface area contributed by atoms with Crippen LogP contribution >= 0.6 is 0 Å². The molecule has 0 saturated heterocycles. The summed E-state index contributed by atoms with van der Waals surface area (Å²) in [4.78, 5) is 103. The fourth-order valence-electron chi connectivity index (χ4n) is 5.19. The van der Waals surface area contributed by atoms with Gasteiger partial charge in [-0.3, -0.25) is 38.7 Å². The summed E-state index contributed by atoms with van der Waals surface area (Å²) in [5.41, 5.74) is 5.63. The summed E-state index contributed by atoms with van der Waals surface area (Å²) in [6.45, 7) is -0.499. The summed E-state index contributed by atoms with van der Waals surface area (Å²) in [5.74, 6) is -4.71. The second-order valence-electron chi connectivity index (χ2n) is 11.1. The van der Waals surface area contributed by atoms with Crippen LogP contribution in [0.2, 0.25) is 0 Å². The molecule has 17 heteroatoms. The fourth-order valence-corrected chi connectivity index (χ4v) is 5.19. The zero-order valence-electron chi connectivity index (χ0n) is 25.8. The summed E-state index contributed by atoms with van der Waals surface area (Å²) in [6.07, 6.45) is 1.60. The van der Waals surface area contributed by atoms with Crippen LogP contribution in [0.4, 0.5) is 5.95 Å². The Morgan fingerprint density at radius 3 is 2.22 bits per heavy atom. The van der Waals surface area contributed by atoms with Crippen molar-refractivity contribution in [3.63, 3.8) is 0 Å². The molecule has 2 aromatic heterocycles. The van der Waals surface area contributed by atoms with Crippen molar-refractivity contribution in [2.45, 2.75) is 37.8 Å². The molecule has 0 bridgehead atoms. The minimum atomic E-state index is -1.33. The maximum atomic E-state index is 13.4. The number of imide groups is 1. The molecule has 2 atom stereocenters. The highest BCUT2D eigenvalue weighted by atomic mass is 16.4. The zero-order valence-corrected chi connectivity index (χ0v) is 25.8. The largest absolute Gasteiger partial charge is 0.480 e. The van der Waals surface area contributed by atoms with Gasteiger partial charge in [0.25, 0.3) is 23.3 Å². The van der Waals surface area contributed by atoms with Gasteiger partial charge in [0.2, 0.25) is 17.8 Å². The SMILES string of the molecule is Nc1nc2nc(C(=O)NCC(=O)N[C@@H](Cc3ccccc3)C(=O)N[C@@H](CCCCN3C(=O)c4ccccc4C3=O)C(=O)O)cnc2c(=O)[nH]1. The number of nitrogen functional groups attached to an aromatic ring is 1. The molecule has 0 fully saturated rings. The van der Waals surface area contributed by atoms with Gasteiger partial charge in [-0.15, -0.1) is 0 Å². The Kier molecular flexibility index (Phi) is 10.3. The van der Waals surface area contributed by atoms with Gasteiger partial charge in [-0.1, -0.05) is 42.5 Å². The molecule has 0 radical (unpaired) electrons. The van der Waals surface area contributed by atoms with Gasteiger partial charge in [0.1, 0.15) is 17.8 Å². The summed E-state index contributed by atoms with van der Waals surface area (Å²) in [6, 6.07) is 12.6. The molecule has 1 aliphatic rings. The van der Waals surface area contributed by atoms with Crippen molar-refractivity contribution in [2.75, 3.05) is 18.8 Å². The molecule has 7 N–H and O–H groups in total. The van der Waals surface area contributed by atoms with Gasteiger partial charge in [0.05, 0.1) is 23.9 Å². The van der Waals surface area contributed by atoms with Crippen molar-refractivity contribution in [1.82, 2.24) is 40.8 Å². The molecule has 0 spiro atoms. The number of carboxylic acids is 1. The van der Waals surface area contributed by atoms with E-state index in [1.54, 1.807) is 54.6 Å². The highest BCUT2D eigenvalue weighted by Crippen LogP contribution is 2.23. The molecule has 4 aromatic rings. The van der Waals surface area contributed by atoms with Crippen molar-refractivity contribution in [2.24, 2.45) is 0 Å². The third-order valence-corrected chi connectivity index (χ3v) is 7.63. The molecule has 252 valence electrons. The number of rotatable bonds is 14. The number of fused-ring (bicyclic) bond motifs is 2. The van der Waals surface area contributed by atoms with Crippen molar-refractivity contribution < 1.29 is 33.9 Å². The summed E-state index contributed by atoms with van der Waals surface area (Å²) >= 11 is 0. The number of amides is 5. The first-order chi connectivity index (χ1) is 23.5. The highest BCUT2D eigenvalue weighted by Gasteiger charge is 2.34. The Hall–Kier alpha value is -6.52. The molecule has 0 saturated carbocycles. The first-order valence-corrected chi connectivity index (χ1v) is 15.1. The van der Waals surface area contributed by atoms with E-state index in [0.717, 1.165) is 11.1 Å². The lowest BCUT2D eigenvalue weighted by Gasteiger charge is -2.22. The van der Waals surface area contributed by atoms with Crippen molar-refractivity contribution in [1.29, 1.82) is 0 Å². The fraction of sp³-hybridized carbons (Fsp3) is 0.250. The molecule has 2 aromatic carbocycles. The summed E-state index contributed by atoms with van der Waals surface area (Å²) < 4.78 is 0. The van der Waals surface area contributed by atoms with E-state index in [2.05, 4.69) is 35.9 Å². The Morgan fingerprint density at radius 2 is 1.55 bits per heavy atom. The molecular weight excluding hydrogens is 638 g/mol. The second kappa shape index (κ2) is 14.9. The minimum absolute atomic E-state index is 0.00846. The van der Waals surface area contributed by atoms with E-state index in [1.807, 2.05) is 0 Å². The van der Waals surface area contributed by atoms with E-state index in [0.29, 0.717) is 23.1 Å². The third kappa shape index (κ3) is 8.07. The molecule has 0 unspecified atom stereocenters. The monoisotopic (exact) mass is 669 g/mol. The van der Waals surface area contributed by atoms with Gasteiger partial charge in [0, 0.05) is 13.0 Å². The van der Waals surface area contributed by atoms with Crippen molar-refractivity contribution in [3.05, 3.63) is 93.5 Å². The van der Waals surface area contributed by atoms with E-state index in [9.17, 15) is 38.7 Å². The van der Waals surface area contributed by atoms with Gasteiger partial charge < -0.3 is 26.8 Å². The Morgan fingerprint density at radius 1 is 0.878 bits per heavy atom. The number of aliphatic carboxylic acids is 1. The van der Waals surface area contributed by atoms with E-state index < -0.39 is 59.7 Å². The van der Waals surface area contributed by atoms with Gasteiger partial charge in [0.15, 0.2) is 11.2 Å². The Bertz CT molecular complexity index is 1960. The Balaban J connectivity index is 1.17.